The monoisotopic (exact) mass is 1270 g/mol. The van der Waals surface area contributed by atoms with Crippen molar-refractivity contribution >= 4 is 126 Å². The SMILES string of the molecule is COCC(C)Nc1nc(NCCCOC(=O)CC(S)C(=O)OCCCNc2nc(NC(C)COC)nc(NC(C)COC)c2N=Nc2nn(-c3nc4ccccc4s3)cc2C#N)c(N=Nc2nn(-c3nc4ccccc4s3)cc2C#N)c(NC(C)COC)n1. The Kier molecular flexibility index (Phi) is 24.3. The number of thiol groups is 1. The summed E-state index contributed by atoms with van der Waals surface area (Å²) in [6, 6.07) is 18.8. The number of carbonyl (C=O) groups excluding carboxylic acids is 2. The molecule has 0 spiro atoms. The first-order chi connectivity index (χ1) is 43.2. The number of nitrogens with zero attached hydrogens (tertiary/aromatic N) is 16. The van der Waals surface area contributed by atoms with E-state index in [4.69, 9.17) is 48.4 Å². The van der Waals surface area contributed by atoms with Crippen molar-refractivity contribution < 1.29 is 38.0 Å². The Balaban J connectivity index is 0.888. The van der Waals surface area contributed by atoms with Gasteiger partial charge in [-0.05, 0) is 64.8 Å². The van der Waals surface area contributed by atoms with Crippen LogP contribution in [0, 0.1) is 22.7 Å². The average Bonchev–Trinajstić information content (AvgIpc) is 2.31. The molecular weight excluding hydrogens is 1200 g/mol. The molecule has 0 aliphatic heterocycles. The highest BCUT2D eigenvalue weighted by Gasteiger charge is 2.24. The highest BCUT2D eigenvalue weighted by Crippen LogP contribution is 2.37. The minimum atomic E-state index is -1.12. The second-order valence-electron chi connectivity index (χ2n) is 20.0. The fourth-order valence-electron chi connectivity index (χ4n) is 8.41. The molecule has 6 aromatic heterocycles. The third-order valence-electron chi connectivity index (χ3n) is 12.4. The van der Waals surface area contributed by atoms with Crippen LogP contribution in [-0.2, 0) is 38.0 Å². The first-order valence-corrected chi connectivity index (χ1v) is 30.2. The zero-order valence-electron chi connectivity index (χ0n) is 50.1. The summed E-state index contributed by atoms with van der Waals surface area (Å²) in [5.41, 5.74) is 2.29. The van der Waals surface area contributed by atoms with Gasteiger partial charge in [-0.3, -0.25) is 9.59 Å². The van der Waals surface area contributed by atoms with Gasteiger partial charge >= 0.3 is 11.9 Å². The lowest BCUT2D eigenvalue weighted by Gasteiger charge is -2.20. The van der Waals surface area contributed by atoms with Gasteiger partial charge in [0.1, 0.15) is 28.5 Å². The zero-order valence-corrected chi connectivity index (χ0v) is 52.7. The molecule has 0 radical (unpaired) electrons. The molecule has 0 saturated carbocycles. The number of ether oxygens (including phenoxy) is 6. The summed E-state index contributed by atoms with van der Waals surface area (Å²) >= 11 is 7.20. The van der Waals surface area contributed by atoms with Crippen LogP contribution in [0.2, 0.25) is 0 Å². The van der Waals surface area contributed by atoms with Crippen LogP contribution >= 0.6 is 35.3 Å². The highest BCUT2D eigenvalue weighted by atomic mass is 32.1. The Morgan fingerprint density at radius 2 is 0.978 bits per heavy atom. The number of methoxy groups -OCH3 is 4. The number of nitriles is 2. The van der Waals surface area contributed by atoms with Gasteiger partial charge in [0.25, 0.3) is 0 Å². The van der Waals surface area contributed by atoms with Crippen molar-refractivity contribution in [3.8, 4) is 22.4 Å². The molecule has 33 heteroatoms. The topological polar surface area (TPSA) is 372 Å². The lowest BCUT2D eigenvalue weighted by atomic mass is 10.3. The molecular formula is C56H68N22O8S3. The van der Waals surface area contributed by atoms with Gasteiger partial charge in [0, 0.05) is 65.7 Å². The standard InChI is InChI=1S/C56H68N22O8S3/c1-32(28-81-5)61-50-44(71-73-46-36(24-57)26-77(75-46)55-65-38-15-9-11-17-41(38)88-55)48(67-53(69-50)63-34(3)30-83-7)59-19-13-21-85-43(79)23-40(87)52(80)86-22-14-20-60-49-45(51(62-33(2)29-82-6)70-54(68-49)64-35(4)31-84-8)72-74-47-37(25-58)27-78(76-47)56-66-39-16-10-12-18-42(39)89-56/h9-12,15-18,26-27,32-35,40,87H,13-14,19-23,28-31H2,1-8H3,(H3,59,61,63,67,69)(H3,60,62,64,68,70). The van der Waals surface area contributed by atoms with Crippen LogP contribution in [0.15, 0.2) is 81.4 Å². The van der Waals surface area contributed by atoms with Gasteiger partial charge in [0.2, 0.25) is 33.8 Å². The molecule has 0 aliphatic rings. The summed E-state index contributed by atoms with van der Waals surface area (Å²) in [4.78, 5) is 54.5. The zero-order chi connectivity index (χ0) is 63.2. The van der Waals surface area contributed by atoms with Gasteiger partial charge in [-0.15, -0.1) is 30.7 Å². The third kappa shape index (κ3) is 18.5. The van der Waals surface area contributed by atoms with E-state index in [0.717, 1.165) is 20.4 Å². The van der Waals surface area contributed by atoms with E-state index in [-0.39, 0.29) is 115 Å². The van der Waals surface area contributed by atoms with Gasteiger partial charge in [0.05, 0.1) is 78.9 Å². The van der Waals surface area contributed by atoms with E-state index in [1.807, 2.05) is 76.2 Å². The van der Waals surface area contributed by atoms with Crippen LogP contribution in [0.1, 0.15) is 58.1 Å². The van der Waals surface area contributed by atoms with E-state index in [9.17, 15) is 20.1 Å². The molecule has 6 heterocycles. The largest absolute Gasteiger partial charge is 0.466 e. The average molecular weight is 1270 g/mol. The van der Waals surface area contributed by atoms with E-state index in [2.05, 4.69) is 97.3 Å². The number of fused-ring (bicyclic) bond motifs is 2. The molecule has 468 valence electrons. The maximum Gasteiger partial charge on any atom is 0.319 e. The van der Waals surface area contributed by atoms with Crippen molar-refractivity contribution in [2.45, 2.75) is 76.4 Å². The fourth-order valence-corrected chi connectivity index (χ4v) is 10.4. The van der Waals surface area contributed by atoms with Crippen LogP contribution < -0.4 is 31.9 Å². The first-order valence-electron chi connectivity index (χ1n) is 28.1. The first kappa shape index (κ1) is 65.9. The third-order valence-corrected chi connectivity index (χ3v) is 14.8. The molecule has 89 heavy (non-hydrogen) atoms. The number of hydrogen-bond acceptors (Lipinski definition) is 31. The predicted octanol–water partition coefficient (Wildman–Crippen LogP) is 9.30. The fraction of sp³-hybridized carbons (Fsp3) is 0.429. The summed E-state index contributed by atoms with van der Waals surface area (Å²) in [6.45, 7) is 9.39. The molecule has 5 atom stereocenters. The molecule has 0 fully saturated rings. The normalized spacial score (nSPS) is 13.2. The Labute approximate surface area is 525 Å². The molecule has 0 amide bonds. The number of benzene rings is 2. The van der Waals surface area contributed by atoms with Gasteiger partial charge in [0.15, 0.2) is 34.6 Å². The van der Waals surface area contributed by atoms with Crippen LogP contribution in [0.5, 0.6) is 0 Å². The van der Waals surface area contributed by atoms with Crippen molar-refractivity contribution in [3.05, 3.63) is 72.1 Å². The molecule has 0 saturated heterocycles. The predicted molar refractivity (Wildman–Crippen MR) is 341 cm³/mol. The summed E-state index contributed by atoms with van der Waals surface area (Å²) in [5, 5.41) is 66.9. The number of rotatable bonds is 35. The summed E-state index contributed by atoms with van der Waals surface area (Å²) < 4.78 is 37.4. The minimum absolute atomic E-state index is 0.0295. The Morgan fingerprint density at radius 1 is 0.573 bits per heavy atom. The molecule has 5 unspecified atom stereocenters. The van der Waals surface area contributed by atoms with Crippen LogP contribution in [0.3, 0.4) is 0 Å². The summed E-state index contributed by atoms with van der Waals surface area (Å²) in [5.74, 6) is 0.299. The number of hydrogen-bond donors (Lipinski definition) is 7. The number of nitrogens with one attached hydrogen (secondary N) is 6. The van der Waals surface area contributed by atoms with Gasteiger partial charge in [-0.25, -0.2) is 19.3 Å². The second-order valence-corrected chi connectivity index (χ2v) is 22.7. The molecule has 8 aromatic rings. The van der Waals surface area contributed by atoms with Crippen LogP contribution in [-0.4, -0.2) is 172 Å². The van der Waals surface area contributed by atoms with Gasteiger partial charge in [-0.1, -0.05) is 46.9 Å². The van der Waals surface area contributed by atoms with Crippen molar-refractivity contribution in [2.24, 2.45) is 20.5 Å². The van der Waals surface area contributed by atoms with Crippen molar-refractivity contribution in [2.75, 3.05) is 113 Å². The second kappa shape index (κ2) is 32.8. The lowest BCUT2D eigenvalue weighted by molar-refractivity contribution is -0.149. The van der Waals surface area contributed by atoms with Crippen molar-refractivity contribution in [3.63, 3.8) is 0 Å². The number of azo groups is 2. The Hall–Kier alpha value is -9.09. The number of thiazole rings is 2. The maximum absolute atomic E-state index is 13.2. The molecule has 8 rings (SSSR count). The van der Waals surface area contributed by atoms with E-state index in [1.54, 1.807) is 40.8 Å². The summed E-state index contributed by atoms with van der Waals surface area (Å²) in [6.07, 6.45) is 3.32. The van der Waals surface area contributed by atoms with E-state index in [1.165, 1.54) is 32.0 Å². The lowest BCUT2D eigenvalue weighted by Crippen LogP contribution is -2.25. The molecule has 0 aliphatic carbocycles. The minimum Gasteiger partial charge on any atom is -0.466 e. The quantitative estimate of drug-likeness (QED) is 0.00841. The van der Waals surface area contributed by atoms with Crippen LogP contribution in [0.25, 0.3) is 30.7 Å². The number of aromatic nitrogens is 10. The van der Waals surface area contributed by atoms with Gasteiger partial charge in [-0.2, -0.15) is 43.1 Å². The maximum atomic E-state index is 13.2. The molecule has 0 bridgehead atoms. The number of para-hydroxylation sites is 2. The number of carbonyl (C=O) groups is 2. The van der Waals surface area contributed by atoms with Crippen molar-refractivity contribution in [1.29, 1.82) is 10.5 Å². The van der Waals surface area contributed by atoms with Gasteiger partial charge < -0.3 is 60.3 Å². The molecule has 2 aromatic carbocycles. The number of anilines is 6. The van der Waals surface area contributed by atoms with E-state index in [0.29, 0.717) is 61.2 Å². The van der Waals surface area contributed by atoms with E-state index < -0.39 is 17.2 Å². The molecule has 30 nitrogen and oxygen atoms in total. The Bertz CT molecular complexity index is 3760. The van der Waals surface area contributed by atoms with Crippen LogP contribution in [0.4, 0.5) is 58.2 Å². The molecule has 6 N–H and O–H groups in total. The van der Waals surface area contributed by atoms with Crippen molar-refractivity contribution in [1.82, 2.24) is 49.5 Å². The highest BCUT2D eigenvalue weighted by molar-refractivity contribution is 7.81. The van der Waals surface area contributed by atoms with E-state index >= 15 is 0 Å². The summed E-state index contributed by atoms with van der Waals surface area (Å²) in [7, 11) is 6.35. The Morgan fingerprint density at radius 3 is 1.39 bits per heavy atom. The number of esters is 2. The smallest absolute Gasteiger partial charge is 0.319 e.